The molecule has 0 aliphatic carbocycles. The van der Waals surface area contributed by atoms with E-state index in [2.05, 4.69) is 23.6 Å². The number of rotatable bonds is 2. The highest BCUT2D eigenvalue weighted by molar-refractivity contribution is 6.31. The van der Waals surface area contributed by atoms with Crippen molar-refractivity contribution < 1.29 is 4.79 Å². The summed E-state index contributed by atoms with van der Waals surface area (Å²) in [5.74, 6) is -0.431. The van der Waals surface area contributed by atoms with Gasteiger partial charge in [-0.15, -0.1) is 0 Å². The second kappa shape index (κ2) is 5.70. The fourth-order valence-corrected chi connectivity index (χ4v) is 2.64. The van der Waals surface area contributed by atoms with Gasteiger partial charge in [-0.25, -0.2) is 0 Å². The Morgan fingerprint density at radius 1 is 1.18 bits per heavy atom. The molecule has 4 nitrogen and oxygen atoms in total. The number of carbonyl (C=O) groups is 1. The van der Waals surface area contributed by atoms with Gasteiger partial charge in [0, 0.05) is 10.9 Å². The van der Waals surface area contributed by atoms with Gasteiger partial charge in [-0.3, -0.25) is 4.79 Å². The third-order valence-corrected chi connectivity index (χ3v) is 3.94. The van der Waals surface area contributed by atoms with Crippen molar-refractivity contribution >= 4 is 28.9 Å². The summed E-state index contributed by atoms with van der Waals surface area (Å²) in [5.41, 5.74) is 2.95. The lowest BCUT2D eigenvalue weighted by atomic mass is 9.90. The number of benzene rings is 2. The quantitative estimate of drug-likeness (QED) is 0.891. The van der Waals surface area contributed by atoms with E-state index < -0.39 is 6.04 Å². The highest BCUT2D eigenvalue weighted by atomic mass is 35.5. The third kappa shape index (κ3) is 2.63. The molecule has 1 unspecified atom stereocenters. The van der Waals surface area contributed by atoms with Crippen LogP contribution in [0.2, 0.25) is 5.02 Å². The number of nitriles is 1. The Morgan fingerprint density at radius 2 is 1.91 bits per heavy atom. The second-order valence-corrected chi connectivity index (χ2v) is 5.58. The van der Waals surface area contributed by atoms with Crippen molar-refractivity contribution in [3.63, 3.8) is 0 Å². The zero-order chi connectivity index (χ0) is 15.7. The zero-order valence-electron chi connectivity index (χ0n) is 11.6. The monoisotopic (exact) mass is 310 g/mol. The molecule has 0 fully saturated rings. The van der Waals surface area contributed by atoms with E-state index in [4.69, 9.17) is 16.9 Å². The number of hydrogen-bond acceptors (Lipinski definition) is 3. The number of nitrogens with zero attached hydrogens (tertiary/aromatic N) is 1. The van der Waals surface area contributed by atoms with E-state index in [1.807, 2.05) is 12.1 Å². The van der Waals surface area contributed by atoms with Crippen molar-refractivity contribution in [2.45, 2.75) is 12.0 Å². The maximum atomic E-state index is 12.3. The molecule has 1 aliphatic heterocycles. The lowest BCUT2D eigenvalue weighted by Gasteiger charge is -2.31. The van der Waals surface area contributed by atoms with Gasteiger partial charge in [0.05, 0.1) is 23.0 Å². The highest BCUT2D eigenvalue weighted by Gasteiger charge is 2.31. The molecule has 1 radical (unpaired) electrons. The molecule has 1 aliphatic rings. The molecule has 0 saturated heterocycles. The Hall–Kier alpha value is -2.51. The topological polar surface area (TPSA) is 64.9 Å². The van der Waals surface area contributed by atoms with E-state index in [1.165, 1.54) is 0 Å². The number of fused-ring (bicyclic) bond motifs is 1. The number of hydrogen-bond donors (Lipinski definition) is 2. The molecule has 2 aromatic rings. The van der Waals surface area contributed by atoms with Crippen LogP contribution >= 0.6 is 11.6 Å². The molecule has 109 valence electrons. The van der Waals surface area contributed by atoms with Gasteiger partial charge in [-0.2, -0.15) is 5.26 Å². The van der Waals surface area contributed by atoms with Crippen LogP contribution in [-0.2, 0) is 4.79 Å². The van der Waals surface area contributed by atoms with Crippen LogP contribution in [0.25, 0.3) is 0 Å². The first-order chi connectivity index (χ1) is 10.6. The molecular formula is C17H13ClN3O. The van der Waals surface area contributed by atoms with Gasteiger partial charge in [-0.1, -0.05) is 23.7 Å². The molecule has 1 heterocycles. The molecule has 5 heteroatoms. The number of carbonyl (C=O) groups excluding carboxylic acids is 1. The first-order valence-corrected chi connectivity index (χ1v) is 7.16. The number of halogens is 1. The van der Waals surface area contributed by atoms with Gasteiger partial charge < -0.3 is 10.6 Å². The van der Waals surface area contributed by atoms with Crippen molar-refractivity contribution in [1.29, 1.82) is 5.26 Å². The number of amides is 1. The normalized spacial score (nSPS) is 17.7. The summed E-state index contributed by atoms with van der Waals surface area (Å²) in [6.07, 6.45) is 0. The van der Waals surface area contributed by atoms with Crippen molar-refractivity contribution in [1.82, 2.24) is 0 Å². The van der Waals surface area contributed by atoms with Crippen molar-refractivity contribution in [2.75, 3.05) is 10.6 Å². The van der Waals surface area contributed by atoms with Gasteiger partial charge in [0.25, 0.3) is 0 Å². The average molecular weight is 311 g/mol. The van der Waals surface area contributed by atoms with Crippen LogP contribution in [0, 0.1) is 18.3 Å². The van der Waals surface area contributed by atoms with Crippen molar-refractivity contribution in [3.8, 4) is 6.07 Å². The van der Waals surface area contributed by atoms with E-state index in [-0.39, 0.29) is 11.8 Å². The minimum Gasteiger partial charge on any atom is -0.371 e. The van der Waals surface area contributed by atoms with Crippen molar-refractivity contribution in [3.05, 3.63) is 65.5 Å². The Morgan fingerprint density at radius 3 is 2.59 bits per heavy atom. The van der Waals surface area contributed by atoms with Crippen LogP contribution in [0.3, 0.4) is 0 Å². The molecular weight excluding hydrogens is 298 g/mol. The predicted molar refractivity (Wildman–Crippen MR) is 86.7 cm³/mol. The fraction of sp³-hybridized carbons (Fsp3) is 0.118. The van der Waals surface area contributed by atoms with Crippen LogP contribution in [-0.4, -0.2) is 11.9 Å². The van der Waals surface area contributed by atoms with Gasteiger partial charge in [0.1, 0.15) is 6.04 Å². The average Bonchev–Trinajstić information content (AvgIpc) is 2.54. The molecule has 0 bridgehead atoms. The Bertz CT molecular complexity index is 764. The first-order valence-electron chi connectivity index (χ1n) is 6.78. The molecule has 2 N–H and O–H groups in total. The summed E-state index contributed by atoms with van der Waals surface area (Å²) in [6.45, 7) is 4.09. The van der Waals surface area contributed by atoms with E-state index in [0.717, 1.165) is 11.3 Å². The van der Waals surface area contributed by atoms with Gasteiger partial charge >= 0.3 is 0 Å². The molecule has 22 heavy (non-hydrogen) atoms. The summed E-state index contributed by atoms with van der Waals surface area (Å²) >= 11 is 5.99. The summed E-state index contributed by atoms with van der Waals surface area (Å²) in [6, 6.07) is 13.9. The Labute approximate surface area is 133 Å². The molecule has 3 rings (SSSR count). The predicted octanol–water partition coefficient (Wildman–Crippen LogP) is 3.56. The number of nitrogens with one attached hydrogen (secondary N) is 2. The van der Waals surface area contributed by atoms with Crippen LogP contribution in [0.5, 0.6) is 0 Å². The minimum atomic E-state index is -0.501. The maximum Gasteiger partial charge on any atom is 0.247 e. The largest absolute Gasteiger partial charge is 0.371 e. The molecule has 2 atom stereocenters. The van der Waals surface area contributed by atoms with Crippen LogP contribution in [0.4, 0.5) is 11.4 Å². The summed E-state index contributed by atoms with van der Waals surface area (Å²) in [5, 5.41) is 15.5. The SMILES string of the molecule is [CH2]C(c1ccc(C#N)cc1)[C@H]1Nc2cc(Cl)ccc2NC1=O. The second-order valence-electron chi connectivity index (χ2n) is 5.14. The van der Waals surface area contributed by atoms with Crippen LogP contribution in [0.15, 0.2) is 42.5 Å². The third-order valence-electron chi connectivity index (χ3n) is 3.70. The van der Waals surface area contributed by atoms with Gasteiger partial charge in [-0.05, 0) is 42.8 Å². The molecule has 0 saturated carbocycles. The fourth-order valence-electron chi connectivity index (χ4n) is 2.47. The standard InChI is InChI=1S/C17H13ClN3O/c1-10(12-4-2-11(9-19)3-5-12)16-17(22)21-14-7-6-13(18)8-15(14)20-16/h2-8,10,16,20H,1H2,(H,21,22)/t10?,16-/m1/s1. The minimum absolute atomic E-state index is 0.140. The maximum absolute atomic E-state index is 12.3. The van der Waals surface area contributed by atoms with Crippen LogP contribution in [0.1, 0.15) is 17.0 Å². The molecule has 1 amide bonds. The van der Waals surface area contributed by atoms with Gasteiger partial charge in [0.2, 0.25) is 5.91 Å². The summed E-state index contributed by atoms with van der Waals surface area (Å²) in [7, 11) is 0. The highest BCUT2D eigenvalue weighted by Crippen LogP contribution is 2.33. The Kier molecular flexibility index (Phi) is 3.74. The van der Waals surface area contributed by atoms with E-state index in [1.54, 1.807) is 30.3 Å². The summed E-state index contributed by atoms with van der Waals surface area (Å²) < 4.78 is 0. The van der Waals surface area contributed by atoms with E-state index >= 15 is 0 Å². The zero-order valence-corrected chi connectivity index (χ0v) is 12.4. The first kappa shape index (κ1) is 14.4. The van der Waals surface area contributed by atoms with Crippen molar-refractivity contribution in [2.24, 2.45) is 0 Å². The van der Waals surface area contributed by atoms with E-state index in [9.17, 15) is 4.79 Å². The number of anilines is 2. The van der Waals surface area contributed by atoms with Crippen LogP contribution < -0.4 is 10.6 Å². The Balaban J connectivity index is 1.87. The summed E-state index contributed by atoms with van der Waals surface area (Å²) in [4.78, 5) is 12.3. The lowest BCUT2D eigenvalue weighted by molar-refractivity contribution is -0.117. The smallest absolute Gasteiger partial charge is 0.247 e. The van der Waals surface area contributed by atoms with Gasteiger partial charge in [0.15, 0.2) is 0 Å². The molecule has 0 aromatic heterocycles. The molecule has 0 spiro atoms. The molecule has 2 aromatic carbocycles. The lowest BCUT2D eigenvalue weighted by Crippen LogP contribution is -2.42. The van der Waals surface area contributed by atoms with E-state index in [0.29, 0.717) is 16.3 Å².